The Morgan fingerprint density at radius 3 is 2.48 bits per heavy atom. The molecule has 9 heteroatoms. The third-order valence-corrected chi connectivity index (χ3v) is 3.90. The van der Waals surface area contributed by atoms with Gasteiger partial charge in [-0.25, -0.2) is 4.39 Å². The van der Waals surface area contributed by atoms with Gasteiger partial charge in [0.15, 0.2) is 24.1 Å². The number of benzene rings is 2. The van der Waals surface area contributed by atoms with Crippen LogP contribution < -0.4 is 20.1 Å². The first-order valence-corrected chi connectivity index (χ1v) is 8.86. The van der Waals surface area contributed by atoms with E-state index in [0.29, 0.717) is 25.5 Å². The van der Waals surface area contributed by atoms with Crippen molar-refractivity contribution in [3.05, 3.63) is 59.4 Å². The molecule has 2 rings (SSSR count). The van der Waals surface area contributed by atoms with Crippen LogP contribution >= 0.6 is 0 Å². The molecule has 0 amide bonds. The minimum absolute atomic E-state index is 0.0196. The predicted molar refractivity (Wildman–Crippen MR) is 103 cm³/mol. The minimum Gasteiger partial charge on any atom is -0.493 e. The van der Waals surface area contributed by atoms with E-state index in [1.165, 1.54) is 25.3 Å². The van der Waals surface area contributed by atoms with Gasteiger partial charge < -0.3 is 20.1 Å². The topological polar surface area (TPSA) is 54.9 Å². The van der Waals surface area contributed by atoms with Crippen molar-refractivity contribution in [1.29, 1.82) is 0 Å². The Bertz CT molecular complexity index is 826. The zero-order chi connectivity index (χ0) is 21.3. The van der Waals surface area contributed by atoms with E-state index in [2.05, 4.69) is 15.6 Å². The van der Waals surface area contributed by atoms with Gasteiger partial charge in [-0.1, -0.05) is 18.2 Å². The fraction of sp³-hybridized carbons (Fsp3) is 0.350. The Balaban J connectivity index is 1.86. The second kappa shape index (κ2) is 10.5. The summed E-state index contributed by atoms with van der Waals surface area (Å²) in [5.41, 5.74) is 1.64. The quantitative estimate of drug-likeness (QED) is 0.394. The number of aliphatic imine (C=N–C) groups is 1. The van der Waals surface area contributed by atoms with Gasteiger partial charge in [0.05, 0.1) is 7.11 Å². The normalized spacial score (nSPS) is 11.9. The number of halogens is 4. The number of hydrogen-bond acceptors (Lipinski definition) is 3. The Kier molecular flexibility index (Phi) is 8.11. The van der Waals surface area contributed by atoms with Gasteiger partial charge in [-0.15, -0.1) is 0 Å². The lowest BCUT2D eigenvalue weighted by Gasteiger charge is -2.15. The molecule has 0 heterocycles. The largest absolute Gasteiger partial charge is 0.493 e. The molecule has 0 aliphatic rings. The molecule has 0 spiro atoms. The molecular weight excluding hydrogens is 390 g/mol. The molecule has 29 heavy (non-hydrogen) atoms. The van der Waals surface area contributed by atoms with Gasteiger partial charge in [-0.3, -0.25) is 4.99 Å². The maximum atomic E-state index is 13.2. The van der Waals surface area contributed by atoms with Crippen molar-refractivity contribution in [3.63, 3.8) is 0 Å². The highest BCUT2D eigenvalue weighted by Crippen LogP contribution is 2.29. The summed E-state index contributed by atoms with van der Waals surface area (Å²) < 4.78 is 60.0. The Morgan fingerprint density at radius 1 is 1.03 bits per heavy atom. The molecule has 158 valence electrons. The molecule has 0 unspecified atom stereocenters. The van der Waals surface area contributed by atoms with Gasteiger partial charge in [-0.05, 0) is 41.8 Å². The van der Waals surface area contributed by atoms with Gasteiger partial charge in [0, 0.05) is 20.1 Å². The van der Waals surface area contributed by atoms with Crippen LogP contribution in [-0.4, -0.2) is 39.4 Å². The summed E-state index contributed by atoms with van der Waals surface area (Å²) in [6.45, 7) is -0.463. The van der Waals surface area contributed by atoms with Gasteiger partial charge in [-0.2, -0.15) is 13.2 Å². The third-order valence-electron chi connectivity index (χ3n) is 3.90. The van der Waals surface area contributed by atoms with Crippen LogP contribution in [0, 0.1) is 5.82 Å². The molecule has 0 aliphatic heterocycles. The van der Waals surface area contributed by atoms with Crippen LogP contribution in [0.15, 0.2) is 47.5 Å². The number of methoxy groups -OCH3 is 1. The van der Waals surface area contributed by atoms with Crippen LogP contribution in [0.3, 0.4) is 0 Å². The lowest BCUT2D eigenvalue weighted by molar-refractivity contribution is -0.153. The first-order valence-electron chi connectivity index (χ1n) is 8.86. The van der Waals surface area contributed by atoms with Crippen LogP contribution in [0.25, 0.3) is 0 Å². The summed E-state index contributed by atoms with van der Waals surface area (Å²) in [5.74, 6) is 0.494. The number of guanidine groups is 1. The highest BCUT2D eigenvalue weighted by Gasteiger charge is 2.29. The molecule has 2 aromatic rings. The van der Waals surface area contributed by atoms with Crippen LogP contribution in [0.1, 0.15) is 11.1 Å². The van der Waals surface area contributed by atoms with Crippen molar-refractivity contribution in [2.75, 3.05) is 27.3 Å². The van der Waals surface area contributed by atoms with E-state index in [1.54, 1.807) is 25.2 Å². The van der Waals surface area contributed by atoms with Crippen molar-refractivity contribution < 1.29 is 27.0 Å². The zero-order valence-corrected chi connectivity index (χ0v) is 16.1. The Morgan fingerprint density at radius 2 is 1.83 bits per heavy atom. The monoisotopic (exact) mass is 413 g/mol. The second-order valence-electron chi connectivity index (χ2n) is 6.12. The third kappa shape index (κ3) is 7.89. The van der Waals surface area contributed by atoms with E-state index in [1.807, 2.05) is 6.07 Å². The van der Waals surface area contributed by atoms with E-state index >= 15 is 0 Å². The number of nitrogens with one attached hydrogen (secondary N) is 2. The van der Waals surface area contributed by atoms with Gasteiger partial charge >= 0.3 is 6.18 Å². The predicted octanol–water partition coefficient (Wildman–Crippen LogP) is 3.68. The van der Waals surface area contributed by atoms with Gasteiger partial charge in [0.2, 0.25) is 0 Å². The second-order valence-corrected chi connectivity index (χ2v) is 6.12. The summed E-state index contributed by atoms with van der Waals surface area (Å²) in [7, 11) is 2.98. The van der Waals surface area contributed by atoms with E-state index in [9.17, 15) is 17.6 Å². The maximum Gasteiger partial charge on any atom is 0.422 e. The fourth-order valence-electron chi connectivity index (χ4n) is 2.52. The van der Waals surface area contributed by atoms with Crippen molar-refractivity contribution >= 4 is 5.96 Å². The van der Waals surface area contributed by atoms with Crippen LogP contribution in [-0.2, 0) is 13.0 Å². The average Bonchev–Trinajstić information content (AvgIpc) is 2.68. The van der Waals surface area contributed by atoms with Crippen LogP contribution in [0.2, 0.25) is 0 Å². The zero-order valence-electron chi connectivity index (χ0n) is 16.1. The van der Waals surface area contributed by atoms with Crippen molar-refractivity contribution in [1.82, 2.24) is 10.6 Å². The summed E-state index contributed by atoms with van der Waals surface area (Å²) in [6.07, 6.45) is -3.80. The SMILES string of the molecule is CN=C(NCCc1cccc(F)c1)NCc1ccc(OCC(F)(F)F)c(OC)c1. The molecule has 0 aliphatic carbocycles. The molecule has 0 radical (unpaired) electrons. The van der Waals surface area contributed by atoms with Crippen LogP contribution in [0.4, 0.5) is 17.6 Å². The number of ether oxygens (including phenoxy) is 2. The highest BCUT2D eigenvalue weighted by atomic mass is 19.4. The fourth-order valence-corrected chi connectivity index (χ4v) is 2.52. The molecule has 0 bridgehead atoms. The number of rotatable bonds is 8. The highest BCUT2D eigenvalue weighted by molar-refractivity contribution is 5.79. The molecule has 0 fully saturated rings. The van der Waals surface area contributed by atoms with Crippen molar-refractivity contribution in [2.45, 2.75) is 19.1 Å². The molecule has 5 nitrogen and oxygen atoms in total. The lowest BCUT2D eigenvalue weighted by Crippen LogP contribution is -2.37. The minimum atomic E-state index is -4.42. The molecule has 2 N–H and O–H groups in total. The molecule has 0 atom stereocenters. The number of alkyl halides is 3. The lowest BCUT2D eigenvalue weighted by atomic mass is 10.1. The van der Waals surface area contributed by atoms with E-state index < -0.39 is 12.8 Å². The summed E-state index contributed by atoms with van der Waals surface area (Å²) in [4.78, 5) is 4.11. The summed E-state index contributed by atoms with van der Waals surface area (Å²) in [6, 6.07) is 11.0. The van der Waals surface area contributed by atoms with E-state index in [4.69, 9.17) is 9.47 Å². The van der Waals surface area contributed by atoms with E-state index in [-0.39, 0.29) is 17.3 Å². The number of hydrogen-bond donors (Lipinski definition) is 2. The molecule has 0 aromatic heterocycles. The molecule has 0 saturated heterocycles. The molecular formula is C20H23F4N3O2. The average molecular weight is 413 g/mol. The summed E-state index contributed by atoms with van der Waals surface area (Å²) in [5, 5.41) is 6.22. The van der Waals surface area contributed by atoms with E-state index in [0.717, 1.165) is 11.1 Å². The summed E-state index contributed by atoms with van der Waals surface area (Å²) >= 11 is 0. The van der Waals surface area contributed by atoms with Crippen LogP contribution in [0.5, 0.6) is 11.5 Å². The maximum absolute atomic E-state index is 13.2. The Labute approximate surface area is 166 Å². The first kappa shape index (κ1) is 22.3. The van der Waals surface area contributed by atoms with Gasteiger partial charge in [0.1, 0.15) is 5.82 Å². The van der Waals surface area contributed by atoms with Crippen molar-refractivity contribution in [2.24, 2.45) is 4.99 Å². The molecule has 0 saturated carbocycles. The number of nitrogens with zero attached hydrogens (tertiary/aromatic N) is 1. The van der Waals surface area contributed by atoms with Crippen molar-refractivity contribution in [3.8, 4) is 11.5 Å². The standard InChI is InChI=1S/C20H23F4N3O2/c1-25-19(26-9-8-14-4-3-5-16(21)10-14)27-12-15-6-7-17(18(11-15)28-2)29-13-20(22,23)24/h3-7,10-11H,8-9,12-13H2,1-2H3,(H2,25,26,27). The first-order chi connectivity index (χ1) is 13.8. The molecule has 2 aromatic carbocycles. The smallest absolute Gasteiger partial charge is 0.422 e. The van der Waals surface area contributed by atoms with Gasteiger partial charge in [0.25, 0.3) is 0 Å². The Hall–Kier alpha value is -2.97.